The van der Waals surface area contributed by atoms with Crippen molar-refractivity contribution in [2.75, 3.05) is 7.11 Å². The van der Waals surface area contributed by atoms with E-state index in [2.05, 4.69) is 10.3 Å². The minimum atomic E-state index is -1.18. The third kappa shape index (κ3) is 5.97. The third-order valence-electron chi connectivity index (χ3n) is 6.30. The van der Waals surface area contributed by atoms with Gasteiger partial charge < -0.3 is 14.9 Å². The molecule has 0 spiro atoms. The molecule has 3 aromatic carbocycles. The van der Waals surface area contributed by atoms with Crippen molar-refractivity contribution >= 4 is 16.9 Å². The van der Waals surface area contributed by atoms with E-state index in [1.54, 1.807) is 42.5 Å². The number of nitrogens with zero attached hydrogens (tertiary/aromatic N) is 3. The zero-order valence-electron chi connectivity index (χ0n) is 20.0. The predicted octanol–water partition coefficient (Wildman–Crippen LogP) is 3.83. The number of carboxylic acid groups (broad SMARTS) is 1. The lowest BCUT2D eigenvalue weighted by atomic mass is 9.93. The molecule has 8 nitrogen and oxygen atoms in total. The summed E-state index contributed by atoms with van der Waals surface area (Å²) in [6.07, 6.45) is -0.599. The molecule has 2 N–H and O–H groups in total. The quantitative estimate of drug-likeness (QED) is 0.334. The van der Waals surface area contributed by atoms with Crippen LogP contribution in [0.25, 0.3) is 22.0 Å². The highest BCUT2D eigenvalue weighted by molar-refractivity contribution is 5.78. The first-order valence-corrected chi connectivity index (χ1v) is 11.6. The molecule has 0 aliphatic rings. The maximum absolute atomic E-state index is 13.5. The van der Waals surface area contributed by atoms with Crippen LogP contribution in [0, 0.1) is 17.6 Å². The van der Waals surface area contributed by atoms with Gasteiger partial charge in [0.1, 0.15) is 11.3 Å². The van der Waals surface area contributed by atoms with E-state index >= 15 is 0 Å². The maximum atomic E-state index is 13.5. The molecular weight excluding hydrogens is 484 g/mol. The number of aliphatic hydroxyl groups excluding tert-OH is 1. The normalized spacial score (nSPS) is 12.9. The number of rotatable bonds is 10. The number of aromatic nitrogens is 3. The van der Waals surface area contributed by atoms with Gasteiger partial charge in [0.2, 0.25) is 0 Å². The summed E-state index contributed by atoms with van der Waals surface area (Å²) in [6.45, 7) is -0.0318. The van der Waals surface area contributed by atoms with Crippen molar-refractivity contribution in [1.29, 1.82) is 0 Å². The molecule has 192 valence electrons. The van der Waals surface area contributed by atoms with Gasteiger partial charge in [0.25, 0.3) is 5.56 Å². The molecule has 0 saturated heterocycles. The fourth-order valence-electron chi connectivity index (χ4n) is 4.13. The minimum Gasteiger partial charge on any atom is -0.497 e. The monoisotopic (exact) mass is 509 g/mol. The standard InChI is InChI=1S/C27H25F2N3O5/c1-37-19-8-10-24-21(15-19)26(34)32(31-30-24)13-12-20(27(35)36)25(33)11-4-16-2-5-17(6-3-16)18-7-9-22(28)23(29)14-18/h2-3,5-10,14-15,20,25,33H,4,11-13H2,1H3,(H,35,36)/t20-,25+/m0/s1. The number of aliphatic carboxylic acids is 1. The molecule has 0 unspecified atom stereocenters. The van der Waals surface area contributed by atoms with Crippen molar-refractivity contribution in [2.24, 2.45) is 5.92 Å². The second kappa shape index (κ2) is 11.3. The van der Waals surface area contributed by atoms with Gasteiger partial charge in [-0.3, -0.25) is 9.59 Å². The van der Waals surface area contributed by atoms with Crippen molar-refractivity contribution < 1.29 is 28.5 Å². The Kier molecular flexibility index (Phi) is 7.88. The van der Waals surface area contributed by atoms with Crippen molar-refractivity contribution in [3.05, 3.63) is 88.2 Å². The number of benzene rings is 3. The molecule has 0 fully saturated rings. The van der Waals surface area contributed by atoms with Gasteiger partial charge in [-0.1, -0.05) is 35.5 Å². The second-order valence-electron chi connectivity index (χ2n) is 8.67. The Morgan fingerprint density at radius 3 is 2.41 bits per heavy atom. The Bertz CT molecular complexity index is 1470. The molecule has 4 rings (SSSR count). The number of fused-ring (bicyclic) bond motifs is 1. The lowest BCUT2D eigenvalue weighted by Gasteiger charge is -2.19. The summed E-state index contributed by atoms with van der Waals surface area (Å²) in [4.78, 5) is 24.6. The summed E-state index contributed by atoms with van der Waals surface area (Å²) in [5.41, 5.74) is 2.05. The van der Waals surface area contributed by atoms with E-state index in [4.69, 9.17) is 4.74 Å². The van der Waals surface area contributed by atoms with Crippen LogP contribution in [-0.2, 0) is 17.8 Å². The number of aryl methyl sites for hydroxylation is 2. The van der Waals surface area contributed by atoms with Crippen LogP contribution in [0.5, 0.6) is 5.75 Å². The number of carbonyl (C=O) groups is 1. The van der Waals surface area contributed by atoms with Crippen LogP contribution in [-0.4, -0.2) is 44.4 Å². The molecular formula is C27H25F2N3O5. The smallest absolute Gasteiger partial charge is 0.309 e. The molecule has 1 heterocycles. The van der Waals surface area contributed by atoms with Gasteiger partial charge in [-0.25, -0.2) is 13.5 Å². The van der Waals surface area contributed by atoms with E-state index in [-0.39, 0.29) is 19.4 Å². The molecule has 0 radical (unpaired) electrons. The number of carboxylic acids is 1. The third-order valence-corrected chi connectivity index (χ3v) is 6.30. The Balaban J connectivity index is 1.39. The molecule has 0 aliphatic carbocycles. The van der Waals surface area contributed by atoms with Crippen LogP contribution in [0.1, 0.15) is 18.4 Å². The molecule has 0 amide bonds. The molecule has 0 aliphatic heterocycles. The number of methoxy groups -OCH3 is 1. The van der Waals surface area contributed by atoms with Gasteiger partial charge in [0, 0.05) is 6.54 Å². The van der Waals surface area contributed by atoms with Gasteiger partial charge in [-0.2, -0.15) is 0 Å². The van der Waals surface area contributed by atoms with E-state index in [0.717, 1.165) is 22.4 Å². The summed E-state index contributed by atoms with van der Waals surface area (Å²) in [5, 5.41) is 28.5. The molecule has 4 aromatic rings. The lowest BCUT2D eigenvalue weighted by Crippen LogP contribution is -2.32. The first-order chi connectivity index (χ1) is 17.8. The molecule has 0 bridgehead atoms. The van der Waals surface area contributed by atoms with Gasteiger partial charge in [-0.05, 0) is 66.3 Å². The fourth-order valence-corrected chi connectivity index (χ4v) is 4.13. The van der Waals surface area contributed by atoms with Gasteiger partial charge in [0.15, 0.2) is 11.6 Å². The van der Waals surface area contributed by atoms with Crippen molar-refractivity contribution in [1.82, 2.24) is 15.0 Å². The highest BCUT2D eigenvalue weighted by atomic mass is 19.2. The summed E-state index contributed by atoms with van der Waals surface area (Å²) in [5.74, 6) is -3.65. The van der Waals surface area contributed by atoms with E-state index < -0.39 is 35.2 Å². The summed E-state index contributed by atoms with van der Waals surface area (Å²) < 4.78 is 32.9. The number of hydrogen-bond donors (Lipinski definition) is 2. The van der Waals surface area contributed by atoms with Gasteiger partial charge in [0.05, 0.1) is 24.5 Å². The van der Waals surface area contributed by atoms with Crippen LogP contribution >= 0.6 is 0 Å². The highest BCUT2D eigenvalue weighted by Gasteiger charge is 2.26. The molecule has 37 heavy (non-hydrogen) atoms. The zero-order chi connectivity index (χ0) is 26.5. The number of ether oxygens (including phenoxy) is 1. The number of hydrogen-bond acceptors (Lipinski definition) is 6. The van der Waals surface area contributed by atoms with E-state index in [1.165, 1.54) is 13.2 Å². The second-order valence-corrected chi connectivity index (χ2v) is 8.67. The van der Waals surface area contributed by atoms with Crippen molar-refractivity contribution in [3.8, 4) is 16.9 Å². The summed E-state index contributed by atoms with van der Waals surface area (Å²) >= 11 is 0. The van der Waals surface area contributed by atoms with Crippen LogP contribution in [0.15, 0.2) is 65.5 Å². The maximum Gasteiger partial charge on any atom is 0.309 e. The topological polar surface area (TPSA) is 115 Å². The van der Waals surface area contributed by atoms with Crippen LogP contribution in [0.3, 0.4) is 0 Å². The van der Waals surface area contributed by atoms with Gasteiger partial charge >= 0.3 is 5.97 Å². The van der Waals surface area contributed by atoms with Gasteiger partial charge in [-0.15, -0.1) is 5.10 Å². The van der Waals surface area contributed by atoms with Crippen LogP contribution in [0.4, 0.5) is 8.78 Å². The Morgan fingerprint density at radius 2 is 1.73 bits per heavy atom. The Morgan fingerprint density at radius 1 is 1.00 bits per heavy atom. The predicted molar refractivity (Wildman–Crippen MR) is 132 cm³/mol. The minimum absolute atomic E-state index is 0.0182. The SMILES string of the molecule is COc1ccc2nnn(CC[C@H](C(=O)O)[C@H](O)CCc3ccc(-c4ccc(F)c(F)c4)cc3)c(=O)c2c1. The fraction of sp³-hybridized carbons (Fsp3) is 0.259. The average molecular weight is 510 g/mol. The lowest BCUT2D eigenvalue weighted by molar-refractivity contribution is -0.146. The number of aliphatic hydroxyl groups is 1. The van der Waals surface area contributed by atoms with Crippen LogP contribution in [0.2, 0.25) is 0 Å². The highest BCUT2D eigenvalue weighted by Crippen LogP contribution is 2.23. The van der Waals surface area contributed by atoms with Crippen molar-refractivity contribution in [2.45, 2.75) is 31.9 Å². The summed E-state index contributed by atoms with van der Waals surface area (Å²) in [6, 6.07) is 15.6. The average Bonchev–Trinajstić information content (AvgIpc) is 2.90. The largest absolute Gasteiger partial charge is 0.497 e. The van der Waals surface area contributed by atoms with E-state index in [0.29, 0.717) is 34.2 Å². The Hall–Kier alpha value is -4.18. The first kappa shape index (κ1) is 25.9. The van der Waals surface area contributed by atoms with Crippen molar-refractivity contribution in [3.63, 3.8) is 0 Å². The summed E-state index contributed by atoms with van der Waals surface area (Å²) in [7, 11) is 1.48. The van der Waals surface area contributed by atoms with E-state index in [1.807, 2.05) is 0 Å². The Labute approximate surface area is 210 Å². The van der Waals surface area contributed by atoms with E-state index in [9.17, 15) is 28.6 Å². The first-order valence-electron chi connectivity index (χ1n) is 11.6. The molecule has 0 saturated carbocycles. The molecule has 10 heteroatoms. The van der Waals surface area contributed by atoms with Crippen LogP contribution < -0.4 is 10.3 Å². The number of halogens is 2. The molecule has 1 aromatic heterocycles. The molecule has 2 atom stereocenters. The zero-order valence-corrected chi connectivity index (χ0v) is 20.0.